The van der Waals surface area contributed by atoms with Crippen molar-refractivity contribution in [3.05, 3.63) is 0 Å². The molecule has 17 heavy (non-hydrogen) atoms. The Morgan fingerprint density at radius 3 is 2.18 bits per heavy atom. The zero-order chi connectivity index (χ0) is 13.3. The standard InChI is InChI=1S/C11H25NO4Si/c1-6-10(2)11(13)12-8-7-9-17(14-3,15-4)16-5/h10H,6-9H2,1-5H3,(H,12,13). The molecule has 0 aliphatic heterocycles. The first kappa shape index (κ1) is 16.6. The van der Waals surface area contributed by atoms with Crippen LogP contribution in [0, 0.1) is 5.92 Å². The van der Waals surface area contributed by atoms with Gasteiger partial charge in [0.1, 0.15) is 0 Å². The SMILES string of the molecule is CCC(C)C(=O)NCCC[Si](OC)(OC)OC. The van der Waals surface area contributed by atoms with E-state index in [1.807, 2.05) is 13.8 Å². The van der Waals surface area contributed by atoms with Gasteiger partial charge in [-0.2, -0.15) is 0 Å². The highest BCUT2D eigenvalue weighted by molar-refractivity contribution is 6.60. The van der Waals surface area contributed by atoms with Gasteiger partial charge in [0.2, 0.25) is 5.91 Å². The van der Waals surface area contributed by atoms with Crippen LogP contribution in [0.3, 0.4) is 0 Å². The van der Waals surface area contributed by atoms with E-state index in [1.165, 1.54) is 0 Å². The fourth-order valence-corrected chi connectivity index (χ4v) is 3.15. The average Bonchev–Trinajstić information content (AvgIpc) is 2.38. The molecule has 0 saturated heterocycles. The molecule has 1 amide bonds. The monoisotopic (exact) mass is 263 g/mol. The Balaban J connectivity index is 3.87. The number of nitrogens with one attached hydrogen (secondary N) is 1. The van der Waals surface area contributed by atoms with E-state index in [0.717, 1.165) is 12.8 Å². The van der Waals surface area contributed by atoms with Crippen molar-refractivity contribution >= 4 is 14.7 Å². The van der Waals surface area contributed by atoms with Gasteiger partial charge < -0.3 is 18.6 Å². The topological polar surface area (TPSA) is 56.8 Å². The van der Waals surface area contributed by atoms with Gasteiger partial charge in [-0.1, -0.05) is 13.8 Å². The smallest absolute Gasteiger partial charge is 0.377 e. The lowest BCUT2D eigenvalue weighted by Gasteiger charge is -2.24. The van der Waals surface area contributed by atoms with Crippen molar-refractivity contribution in [1.82, 2.24) is 5.32 Å². The van der Waals surface area contributed by atoms with E-state index < -0.39 is 8.80 Å². The summed E-state index contributed by atoms with van der Waals surface area (Å²) in [4.78, 5) is 11.5. The van der Waals surface area contributed by atoms with Crippen LogP contribution in [0.5, 0.6) is 0 Å². The second-order valence-electron chi connectivity index (χ2n) is 4.00. The molecule has 0 saturated carbocycles. The minimum Gasteiger partial charge on any atom is -0.377 e. The molecule has 0 aromatic carbocycles. The lowest BCUT2D eigenvalue weighted by atomic mass is 10.1. The summed E-state index contributed by atoms with van der Waals surface area (Å²) in [5.74, 6) is 0.177. The van der Waals surface area contributed by atoms with Crippen molar-refractivity contribution in [3.63, 3.8) is 0 Å². The molecule has 6 heteroatoms. The summed E-state index contributed by atoms with van der Waals surface area (Å²) in [6, 6.07) is 0.706. The fraction of sp³-hybridized carbons (Fsp3) is 0.909. The first-order valence-electron chi connectivity index (χ1n) is 5.98. The minimum absolute atomic E-state index is 0.0734. The number of rotatable bonds is 9. The summed E-state index contributed by atoms with van der Waals surface area (Å²) in [5, 5.41) is 2.89. The highest BCUT2D eigenvalue weighted by Crippen LogP contribution is 2.14. The molecule has 1 unspecified atom stereocenters. The lowest BCUT2D eigenvalue weighted by molar-refractivity contribution is -0.124. The van der Waals surface area contributed by atoms with Gasteiger partial charge in [0.15, 0.2) is 0 Å². The Morgan fingerprint density at radius 2 is 1.76 bits per heavy atom. The number of hydrogen-bond acceptors (Lipinski definition) is 4. The Bertz CT molecular complexity index is 213. The summed E-state index contributed by atoms with van der Waals surface area (Å²) in [7, 11) is 2.31. The van der Waals surface area contributed by atoms with E-state index in [0.29, 0.717) is 12.6 Å². The second kappa shape index (κ2) is 8.63. The normalized spacial score (nSPS) is 13.5. The summed E-state index contributed by atoms with van der Waals surface area (Å²) < 4.78 is 15.9. The molecular weight excluding hydrogens is 238 g/mol. The van der Waals surface area contributed by atoms with E-state index in [2.05, 4.69) is 5.32 Å². The molecule has 0 heterocycles. The molecule has 1 atom stereocenters. The van der Waals surface area contributed by atoms with E-state index >= 15 is 0 Å². The maximum absolute atomic E-state index is 11.5. The van der Waals surface area contributed by atoms with Crippen LogP contribution in [0.2, 0.25) is 6.04 Å². The third kappa shape index (κ3) is 5.63. The Morgan fingerprint density at radius 1 is 1.24 bits per heavy atom. The maximum atomic E-state index is 11.5. The van der Waals surface area contributed by atoms with Crippen LogP contribution in [0.4, 0.5) is 0 Å². The fourth-order valence-electron chi connectivity index (χ4n) is 1.43. The van der Waals surface area contributed by atoms with Crippen LogP contribution < -0.4 is 5.32 Å². The molecule has 0 aliphatic carbocycles. The van der Waals surface area contributed by atoms with Crippen molar-refractivity contribution in [2.75, 3.05) is 27.9 Å². The summed E-state index contributed by atoms with van der Waals surface area (Å²) in [6.45, 7) is 4.56. The van der Waals surface area contributed by atoms with E-state index in [1.54, 1.807) is 21.3 Å². The number of carbonyl (C=O) groups is 1. The number of amides is 1. The average molecular weight is 263 g/mol. The zero-order valence-corrected chi connectivity index (χ0v) is 12.5. The molecule has 0 aromatic rings. The third-order valence-electron chi connectivity index (χ3n) is 2.95. The molecule has 0 bridgehead atoms. The molecule has 102 valence electrons. The van der Waals surface area contributed by atoms with Crippen molar-refractivity contribution in [2.24, 2.45) is 5.92 Å². The molecule has 0 fully saturated rings. The van der Waals surface area contributed by atoms with E-state index in [-0.39, 0.29) is 11.8 Å². The van der Waals surface area contributed by atoms with Gasteiger partial charge in [-0.3, -0.25) is 4.79 Å². The molecule has 1 N–H and O–H groups in total. The molecule has 0 spiro atoms. The molecular formula is C11H25NO4Si. The van der Waals surface area contributed by atoms with Gasteiger partial charge in [-0.05, 0) is 12.8 Å². The van der Waals surface area contributed by atoms with Gasteiger partial charge in [-0.25, -0.2) is 0 Å². The van der Waals surface area contributed by atoms with Crippen molar-refractivity contribution < 1.29 is 18.1 Å². The van der Waals surface area contributed by atoms with Crippen molar-refractivity contribution in [2.45, 2.75) is 32.7 Å². The Hall–Kier alpha value is -0.433. The summed E-state index contributed by atoms with van der Waals surface area (Å²) >= 11 is 0. The van der Waals surface area contributed by atoms with Gasteiger partial charge in [0.05, 0.1) is 0 Å². The van der Waals surface area contributed by atoms with Crippen LogP contribution in [-0.4, -0.2) is 42.6 Å². The van der Waals surface area contributed by atoms with Crippen molar-refractivity contribution in [1.29, 1.82) is 0 Å². The van der Waals surface area contributed by atoms with Crippen LogP contribution >= 0.6 is 0 Å². The molecule has 5 nitrogen and oxygen atoms in total. The first-order chi connectivity index (χ1) is 8.05. The summed E-state index contributed by atoms with van der Waals surface area (Å²) in [6.07, 6.45) is 1.66. The first-order valence-corrected chi connectivity index (χ1v) is 7.91. The molecule has 0 radical (unpaired) electrons. The predicted octanol–water partition coefficient (Wildman–Crippen LogP) is 1.42. The third-order valence-corrected chi connectivity index (χ3v) is 5.78. The van der Waals surface area contributed by atoms with Gasteiger partial charge in [-0.15, -0.1) is 0 Å². The zero-order valence-electron chi connectivity index (χ0n) is 11.5. The molecule has 0 aliphatic rings. The van der Waals surface area contributed by atoms with Crippen molar-refractivity contribution in [3.8, 4) is 0 Å². The largest absolute Gasteiger partial charge is 0.500 e. The molecule has 0 rings (SSSR count). The Kier molecular flexibility index (Phi) is 8.41. The van der Waals surface area contributed by atoms with Crippen LogP contribution in [0.25, 0.3) is 0 Å². The van der Waals surface area contributed by atoms with Crippen LogP contribution in [0.1, 0.15) is 26.7 Å². The molecule has 0 aromatic heterocycles. The van der Waals surface area contributed by atoms with E-state index in [4.69, 9.17) is 13.3 Å². The minimum atomic E-state index is -2.48. The quantitative estimate of drug-likeness (QED) is 0.505. The number of hydrogen-bond donors (Lipinski definition) is 1. The predicted molar refractivity (Wildman–Crippen MR) is 68.7 cm³/mol. The van der Waals surface area contributed by atoms with E-state index in [9.17, 15) is 4.79 Å². The van der Waals surface area contributed by atoms with Gasteiger partial charge >= 0.3 is 8.80 Å². The second-order valence-corrected chi connectivity index (χ2v) is 7.09. The van der Waals surface area contributed by atoms with Crippen LogP contribution in [-0.2, 0) is 18.1 Å². The number of carbonyl (C=O) groups excluding carboxylic acids is 1. The lowest BCUT2D eigenvalue weighted by Crippen LogP contribution is -2.43. The highest BCUT2D eigenvalue weighted by Gasteiger charge is 2.36. The van der Waals surface area contributed by atoms with Crippen LogP contribution in [0.15, 0.2) is 0 Å². The Labute approximate surface area is 105 Å². The van der Waals surface area contributed by atoms with Gasteiger partial charge in [0, 0.05) is 39.8 Å². The summed E-state index contributed by atoms with van der Waals surface area (Å²) in [5.41, 5.74) is 0. The van der Waals surface area contributed by atoms with Gasteiger partial charge in [0.25, 0.3) is 0 Å². The highest BCUT2D eigenvalue weighted by atomic mass is 28.4. The maximum Gasteiger partial charge on any atom is 0.500 e.